The monoisotopic (exact) mass is 298 g/mol. The number of anilines is 1. The van der Waals surface area contributed by atoms with Gasteiger partial charge in [-0.2, -0.15) is 0 Å². The third kappa shape index (κ3) is 6.89. The van der Waals surface area contributed by atoms with Crippen molar-refractivity contribution in [1.82, 2.24) is 4.98 Å². The molecule has 4 nitrogen and oxygen atoms in total. The van der Waals surface area contributed by atoms with Crippen LogP contribution in [-0.2, 0) is 16.0 Å². The summed E-state index contributed by atoms with van der Waals surface area (Å²) >= 11 is 1.61. The van der Waals surface area contributed by atoms with Gasteiger partial charge in [-0.05, 0) is 13.3 Å². The predicted octanol–water partition coefficient (Wildman–Crippen LogP) is 4.02. The summed E-state index contributed by atoms with van der Waals surface area (Å²) in [7, 11) is 1.41. The highest BCUT2D eigenvalue weighted by molar-refractivity contribution is 7.13. The van der Waals surface area contributed by atoms with Crippen LogP contribution >= 0.6 is 11.3 Å². The zero-order valence-corrected chi connectivity index (χ0v) is 13.6. The molecule has 1 unspecified atom stereocenters. The average Bonchev–Trinajstić information content (AvgIpc) is 2.88. The van der Waals surface area contributed by atoms with Crippen LogP contribution in [0.2, 0.25) is 0 Å². The van der Waals surface area contributed by atoms with Crippen LogP contribution in [0.25, 0.3) is 0 Å². The van der Waals surface area contributed by atoms with Crippen LogP contribution in [0, 0.1) is 0 Å². The number of nitrogens with zero attached hydrogens (tertiary/aromatic N) is 1. The molecule has 1 rings (SSSR count). The van der Waals surface area contributed by atoms with E-state index < -0.39 is 0 Å². The number of unbranched alkanes of at least 4 members (excludes halogenated alkanes) is 3. The number of thiazole rings is 1. The number of nitrogens with one attached hydrogen (secondary N) is 1. The maximum Gasteiger partial charge on any atom is 0.305 e. The maximum absolute atomic E-state index is 11.1. The van der Waals surface area contributed by atoms with Crippen molar-refractivity contribution in [2.75, 3.05) is 12.4 Å². The SMILES string of the molecule is CCCCCCC(C)Nc1nc(CCC(=O)OC)cs1. The van der Waals surface area contributed by atoms with E-state index in [4.69, 9.17) is 0 Å². The molecule has 0 aliphatic rings. The van der Waals surface area contributed by atoms with Crippen LogP contribution in [0.15, 0.2) is 5.38 Å². The third-order valence-corrected chi connectivity index (χ3v) is 4.05. The van der Waals surface area contributed by atoms with E-state index in [0.717, 1.165) is 10.8 Å². The van der Waals surface area contributed by atoms with Crippen molar-refractivity contribution in [3.63, 3.8) is 0 Å². The Morgan fingerprint density at radius 3 is 2.95 bits per heavy atom. The zero-order valence-electron chi connectivity index (χ0n) is 12.8. The normalized spacial score (nSPS) is 12.2. The molecule has 0 aliphatic heterocycles. The Labute approximate surface area is 125 Å². The van der Waals surface area contributed by atoms with E-state index in [1.807, 2.05) is 5.38 Å². The van der Waals surface area contributed by atoms with E-state index in [0.29, 0.717) is 18.9 Å². The maximum atomic E-state index is 11.1. The van der Waals surface area contributed by atoms with Gasteiger partial charge in [-0.15, -0.1) is 11.3 Å². The van der Waals surface area contributed by atoms with Gasteiger partial charge in [0.2, 0.25) is 0 Å². The van der Waals surface area contributed by atoms with E-state index in [9.17, 15) is 4.79 Å². The summed E-state index contributed by atoms with van der Waals surface area (Å²) in [6.45, 7) is 4.43. The van der Waals surface area contributed by atoms with Crippen LogP contribution in [-0.4, -0.2) is 24.1 Å². The summed E-state index contributed by atoms with van der Waals surface area (Å²) in [5.74, 6) is -0.184. The minimum absolute atomic E-state index is 0.184. The summed E-state index contributed by atoms with van der Waals surface area (Å²) in [6, 6.07) is 0.450. The third-order valence-electron chi connectivity index (χ3n) is 3.23. The van der Waals surface area contributed by atoms with Gasteiger partial charge in [-0.1, -0.05) is 32.6 Å². The van der Waals surface area contributed by atoms with E-state index in [2.05, 4.69) is 28.9 Å². The van der Waals surface area contributed by atoms with E-state index in [1.165, 1.54) is 39.2 Å². The zero-order chi connectivity index (χ0) is 14.8. The molecular formula is C15H26N2O2S. The van der Waals surface area contributed by atoms with Crippen molar-refractivity contribution >= 4 is 22.4 Å². The summed E-state index contributed by atoms with van der Waals surface area (Å²) in [6.07, 6.45) is 7.39. The van der Waals surface area contributed by atoms with Crippen molar-refractivity contribution in [3.8, 4) is 0 Å². The van der Waals surface area contributed by atoms with Gasteiger partial charge in [0.25, 0.3) is 0 Å². The second-order valence-electron chi connectivity index (χ2n) is 5.11. The molecule has 1 atom stereocenters. The van der Waals surface area contributed by atoms with Gasteiger partial charge in [0.15, 0.2) is 5.13 Å². The molecule has 0 aliphatic carbocycles. The van der Waals surface area contributed by atoms with Crippen LogP contribution in [0.1, 0.15) is 58.1 Å². The number of ether oxygens (including phenoxy) is 1. The van der Waals surface area contributed by atoms with Gasteiger partial charge in [0.1, 0.15) is 0 Å². The van der Waals surface area contributed by atoms with Crippen molar-refractivity contribution in [2.24, 2.45) is 0 Å². The topological polar surface area (TPSA) is 51.2 Å². The number of hydrogen-bond donors (Lipinski definition) is 1. The first-order valence-corrected chi connectivity index (χ1v) is 8.31. The highest BCUT2D eigenvalue weighted by atomic mass is 32.1. The molecule has 0 fully saturated rings. The number of esters is 1. The smallest absolute Gasteiger partial charge is 0.305 e. The van der Waals surface area contributed by atoms with Crippen LogP contribution in [0.4, 0.5) is 5.13 Å². The number of aromatic nitrogens is 1. The van der Waals surface area contributed by atoms with Gasteiger partial charge >= 0.3 is 5.97 Å². The standard InChI is InChI=1S/C15H26N2O2S/c1-4-5-6-7-8-12(2)16-15-17-13(11-20-15)9-10-14(18)19-3/h11-12H,4-10H2,1-3H3,(H,16,17). The van der Waals surface area contributed by atoms with Crippen molar-refractivity contribution < 1.29 is 9.53 Å². The predicted molar refractivity (Wildman–Crippen MR) is 84.3 cm³/mol. The highest BCUT2D eigenvalue weighted by Crippen LogP contribution is 2.19. The molecule has 0 spiro atoms. The van der Waals surface area contributed by atoms with E-state index in [1.54, 1.807) is 11.3 Å². The molecule has 0 saturated carbocycles. The molecule has 1 aromatic rings. The fourth-order valence-corrected chi connectivity index (χ4v) is 2.84. The molecule has 1 N–H and O–H groups in total. The van der Waals surface area contributed by atoms with Crippen molar-refractivity contribution in [1.29, 1.82) is 0 Å². The molecule has 0 aromatic carbocycles. The largest absolute Gasteiger partial charge is 0.469 e. The number of aryl methyl sites for hydroxylation is 1. The Morgan fingerprint density at radius 2 is 2.25 bits per heavy atom. The van der Waals surface area contributed by atoms with Gasteiger partial charge < -0.3 is 10.1 Å². The first-order chi connectivity index (χ1) is 9.65. The Hall–Kier alpha value is -1.10. The quantitative estimate of drug-likeness (QED) is 0.523. The van der Waals surface area contributed by atoms with Gasteiger partial charge in [-0.25, -0.2) is 4.98 Å². The molecule has 0 amide bonds. The number of rotatable bonds is 10. The summed E-state index contributed by atoms with van der Waals surface area (Å²) in [5, 5.41) is 6.39. The molecule has 1 aromatic heterocycles. The second kappa shape index (κ2) is 9.75. The second-order valence-corrected chi connectivity index (χ2v) is 5.97. The molecule has 0 radical (unpaired) electrons. The first-order valence-electron chi connectivity index (χ1n) is 7.43. The molecule has 1 heterocycles. The molecule has 0 bridgehead atoms. The molecule has 0 saturated heterocycles. The van der Waals surface area contributed by atoms with E-state index in [-0.39, 0.29) is 5.97 Å². The summed E-state index contributed by atoms with van der Waals surface area (Å²) in [4.78, 5) is 15.6. The van der Waals surface area contributed by atoms with Crippen LogP contribution < -0.4 is 5.32 Å². The van der Waals surface area contributed by atoms with Crippen LogP contribution in [0.5, 0.6) is 0 Å². The Balaban J connectivity index is 2.26. The number of carbonyl (C=O) groups excluding carboxylic acids is 1. The molecular weight excluding hydrogens is 272 g/mol. The fourth-order valence-electron chi connectivity index (χ4n) is 1.98. The number of methoxy groups -OCH3 is 1. The van der Waals surface area contributed by atoms with Gasteiger partial charge in [0.05, 0.1) is 19.2 Å². The highest BCUT2D eigenvalue weighted by Gasteiger charge is 2.08. The number of hydrogen-bond acceptors (Lipinski definition) is 5. The Morgan fingerprint density at radius 1 is 1.45 bits per heavy atom. The van der Waals surface area contributed by atoms with Gasteiger partial charge in [0, 0.05) is 17.8 Å². The lowest BCUT2D eigenvalue weighted by Gasteiger charge is -2.12. The van der Waals surface area contributed by atoms with Crippen LogP contribution in [0.3, 0.4) is 0 Å². The van der Waals surface area contributed by atoms with E-state index >= 15 is 0 Å². The van der Waals surface area contributed by atoms with Crippen molar-refractivity contribution in [2.45, 2.75) is 64.8 Å². The molecule has 114 valence electrons. The lowest BCUT2D eigenvalue weighted by Crippen LogP contribution is -2.14. The molecule has 5 heteroatoms. The lowest BCUT2D eigenvalue weighted by molar-refractivity contribution is -0.140. The lowest BCUT2D eigenvalue weighted by atomic mass is 10.1. The Bertz CT molecular complexity index is 393. The first kappa shape index (κ1) is 17.0. The average molecular weight is 298 g/mol. The molecule has 20 heavy (non-hydrogen) atoms. The summed E-state index contributed by atoms with van der Waals surface area (Å²) in [5.41, 5.74) is 0.959. The van der Waals surface area contributed by atoms with Gasteiger partial charge in [-0.3, -0.25) is 4.79 Å². The Kier molecular flexibility index (Phi) is 8.26. The minimum Gasteiger partial charge on any atom is -0.469 e. The number of carbonyl (C=O) groups is 1. The van der Waals surface area contributed by atoms with Crippen molar-refractivity contribution in [3.05, 3.63) is 11.1 Å². The minimum atomic E-state index is -0.184. The summed E-state index contributed by atoms with van der Waals surface area (Å²) < 4.78 is 4.63. The fraction of sp³-hybridized carbons (Fsp3) is 0.733.